The van der Waals surface area contributed by atoms with Crippen molar-refractivity contribution in [1.82, 2.24) is 15.0 Å². The van der Waals surface area contributed by atoms with Crippen molar-refractivity contribution in [1.29, 1.82) is 0 Å². The zero-order valence-corrected chi connectivity index (χ0v) is 12.7. The van der Waals surface area contributed by atoms with Crippen LogP contribution >= 0.6 is 0 Å². The van der Waals surface area contributed by atoms with Gasteiger partial charge in [-0.05, 0) is 18.2 Å². The molecule has 7 nitrogen and oxygen atoms in total. The second-order valence-corrected chi connectivity index (χ2v) is 5.10. The first kappa shape index (κ1) is 15.0. The van der Waals surface area contributed by atoms with Gasteiger partial charge in [0.2, 0.25) is 5.91 Å². The van der Waals surface area contributed by atoms with Crippen LogP contribution in [0.15, 0.2) is 36.5 Å². The highest BCUT2D eigenvalue weighted by Crippen LogP contribution is 2.23. The first-order valence-corrected chi connectivity index (χ1v) is 7.16. The van der Waals surface area contributed by atoms with E-state index >= 15 is 0 Å². The van der Waals surface area contributed by atoms with Crippen molar-refractivity contribution in [2.24, 2.45) is 0 Å². The molecule has 0 bridgehead atoms. The maximum absolute atomic E-state index is 11.8. The van der Waals surface area contributed by atoms with Crippen LogP contribution in [0.1, 0.15) is 6.42 Å². The second-order valence-electron chi connectivity index (χ2n) is 5.10. The Hall–Kier alpha value is -2.93. The molecule has 0 aliphatic heterocycles. The Kier molecular flexibility index (Phi) is 4.20. The number of H-pyrrole nitrogens is 1. The molecule has 3 aromatic rings. The van der Waals surface area contributed by atoms with Gasteiger partial charge in [0.15, 0.2) is 5.65 Å². The molecule has 1 aromatic carbocycles. The summed E-state index contributed by atoms with van der Waals surface area (Å²) in [5.41, 5.74) is 9.23. The lowest BCUT2D eigenvalue weighted by Gasteiger charge is -2.06. The van der Waals surface area contributed by atoms with Crippen molar-refractivity contribution in [3.63, 3.8) is 0 Å². The van der Waals surface area contributed by atoms with Crippen LogP contribution in [0.3, 0.4) is 0 Å². The summed E-state index contributed by atoms with van der Waals surface area (Å²) < 4.78 is 4.89. The largest absolute Gasteiger partial charge is 0.397 e. The highest BCUT2D eigenvalue weighted by Gasteiger charge is 2.08. The summed E-state index contributed by atoms with van der Waals surface area (Å²) >= 11 is 0. The van der Waals surface area contributed by atoms with E-state index in [2.05, 4.69) is 20.3 Å². The summed E-state index contributed by atoms with van der Waals surface area (Å²) in [6.45, 7) is 0.391. The molecule has 7 heteroatoms. The van der Waals surface area contributed by atoms with Gasteiger partial charge in [0.1, 0.15) is 5.82 Å². The molecular formula is C16H17N5O2. The summed E-state index contributed by atoms with van der Waals surface area (Å²) in [6.07, 6.45) is 1.88. The fourth-order valence-corrected chi connectivity index (χ4v) is 2.22. The van der Waals surface area contributed by atoms with Crippen LogP contribution in [0.2, 0.25) is 0 Å². The molecule has 2 heterocycles. The second kappa shape index (κ2) is 6.45. The van der Waals surface area contributed by atoms with Gasteiger partial charge in [-0.1, -0.05) is 12.1 Å². The lowest BCUT2D eigenvalue weighted by Crippen LogP contribution is -2.13. The van der Waals surface area contributed by atoms with E-state index in [0.717, 1.165) is 11.1 Å². The number of rotatable bonds is 5. The van der Waals surface area contributed by atoms with Crippen LogP contribution in [0.4, 0.5) is 11.4 Å². The molecule has 0 spiro atoms. The van der Waals surface area contributed by atoms with Crippen molar-refractivity contribution in [3.05, 3.63) is 36.5 Å². The number of nitrogens with one attached hydrogen (secondary N) is 2. The standard InChI is InChI=1S/C16H17N5O2/c1-23-6-5-14(22)19-12-4-2-3-10(7-12)15-20-13-8-11(17)9-18-16(13)21-15/h2-4,7-9H,5-6,17H2,1H3,(H,19,22)(H,18,20,21). The Labute approximate surface area is 132 Å². The third-order valence-corrected chi connectivity index (χ3v) is 3.31. The van der Waals surface area contributed by atoms with E-state index < -0.39 is 0 Å². The quantitative estimate of drug-likeness (QED) is 0.669. The molecule has 4 N–H and O–H groups in total. The third-order valence-electron chi connectivity index (χ3n) is 3.31. The maximum atomic E-state index is 11.8. The Morgan fingerprint density at radius 1 is 1.39 bits per heavy atom. The topological polar surface area (TPSA) is 106 Å². The van der Waals surface area contributed by atoms with E-state index in [1.807, 2.05) is 24.3 Å². The number of aromatic nitrogens is 3. The summed E-state index contributed by atoms with van der Waals surface area (Å²) in [7, 11) is 1.57. The normalized spacial score (nSPS) is 10.8. The zero-order valence-electron chi connectivity index (χ0n) is 12.7. The fraction of sp³-hybridized carbons (Fsp3) is 0.188. The van der Waals surface area contributed by atoms with E-state index in [0.29, 0.717) is 35.9 Å². The number of nitrogen functional groups attached to an aromatic ring is 1. The smallest absolute Gasteiger partial charge is 0.226 e. The average Bonchev–Trinajstić information content (AvgIpc) is 2.96. The number of ether oxygens (including phenoxy) is 1. The summed E-state index contributed by atoms with van der Waals surface area (Å²) in [5, 5.41) is 2.83. The van der Waals surface area contributed by atoms with Crippen molar-refractivity contribution in [3.8, 4) is 11.4 Å². The Morgan fingerprint density at radius 2 is 2.26 bits per heavy atom. The summed E-state index contributed by atoms with van der Waals surface area (Å²) in [6, 6.07) is 9.23. The number of aromatic amines is 1. The van der Waals surface area contributed by atoms with E-state index in [-0.39, 0.29) is 5.91 Å². The lowest BCUT2D eigenvalue weighted by atomic mass is 10.2. The molecule has 0 radical (unpaired) electrons. The number of nitrogens with zero attached hydrogens (tertiary/aromatic N) is 2. The molecule has 0 fully saturated rings. The minimum absolute atomic E-state index is 0.0944. The summed E-state index contributed by atoms with van der Waals surface area (Å²) in [5.74, 6) is 0.578. The zero-order chi connectivity index (χ0) is 16.2. The van der Waals surface area contributed by atoms with Gasteiger partial charge in [-0.25, -0.2) is 9.97 Å². The van der Waals surface area contributed by atoms with Crippen molar-refractivity contribution >= 4 is 28.4 Å². The minimum Gasteiger partial charge on any atom is -0.397 e. The average molecular weight is 311 g/mol. The number of anilines is 2. The highest BCUT2D eigenvalue weighted by atomic mass is 16.5. The third kappa shape index (κ3) is 3.46. The Balaban J connectivity index is 1.84. The van der Waals surface area contributed by atoms with Crippen molar-refractivity contribution < 1.29 is 9.53 Å². The number of carbonyl (C=O) groups is 1. The summed E-state index contributed by atoms with van der Waals surface area (Å²) in [4.78, 5) is 23.6. The molecule has 0 aliphatic carbocycles. The van der Waals surface area contributed by atoms with Crippen LogP contribution in [-0.2, 0) is 9.53 Å². The number of imidazole rings is 1. The molecule has 0 saturated carbocycles. The maximum Gasteiger partial charge on any atom is 0.226 e. The molecule has 0 atom stereocenters. The molecule has 118 valence electrons. The predicted octanol–water partition coefficient (Wildman–Crippen LogP) is 2.18. The lowest BCUT2D eigenvalue weighted by molar-refractivity contribution is -0.117. The van der Waals surface area contributed by atoms with Crippen LogP contribution in [-0.4, -0.2) is 34.6 Å². The highest BCUT2D eigenvalue weighted by molar-refractivity contribution is 5.91. The predicted molar refractivity (Wildman–Crippen MR) is 88.9 cm³/mol. The van der Waals surface area contributed by atoms with Crippen LogP contribution in [0.5, 0.6) is 0 Å². The van der Waals surface area contributed by atoms with Gasteiger partial charge in [-0.2, -0.15) is 0 Å². The number of benzene rings is 1. The number of amides is 1. The molecule has 0 unspecified atom stereocenters. The van der Waals surface area contributed by atoms with Gasteiger partial charge >= 0.3 is 0 Å². The molecule has 1 amide bonds. The minimum atomic E-state index is -0.0944. The van der Waals surface area contributed by atoms with Gasteiger partial charge < -0.3 is 20.8 Å². The van der Waals surface area contributed by atoms with Crippen molar-refractivity contribution in [2.75, 3.05) is 24.8 Å². The van der Waals surface area contributed by atoms with Crippen molar-refractivity contribution in [2.45, 2.75) is 6.42 Å². The molecule has 23 heavy (non-hydrogen) atoms. The monoisotopic (exact) mass is 311 g/mol. The van der Waals surface area contributed by atoms with Crippen LogP contribution in [0, 0.1) is 0 Å². The van der Waals surface area contributed by atoms with E-state index in [1.165, 1.54) is 0 Å². The number of fused-ring (bicyclic) bond motifs is 1. The molecule has 0 aliphatic rings. The van der Waals surface area contributed by atoms with E-state index in [9.17, 15) is 4.79 Å². The SMILES string of the molecule is COCCC(=O)Nc1cccc(-c2nc3ncc(N)cc3[nH]2)c1. The Morgan fingerprint density at radius 3 is 3.09 bits per heavy atom. The molecule has 3 rings (SSSR count). The van der Waals surface area contributed by atoms with Gasteiger partial charge in [-0.15, -0.1) is 0 Å². The Bertz CT molecular complexity index is 843. The van der Waals surface area contributed by atoms with Gasteiger partial charge in [0.05, 0.1) is 30.4 Å². The number of pyridine rings is 1. The molecular weight excluding hydrogens is 294 g/mol. The number of hydrogen-bond donors (Lipinski definition) is 3. The fourth-order valence-electron chi connectivity index (χ4n) is 2.22. The van der Waals surface area contributed by atoms with Crippen LogP contribution < -0.4 is 11.1 Å². The van der Waals surface area contributed by atoms with Crippen LogP contribution in [0.25, 0.3) is 22.6 Å². The van der Waals surface area contributed by atoms with Gasteiger partial charge in [0.25, 0.3) is 0 Å². The first-order valence-electron chi connectivity index (χ1n) is 7.16. The van der Waals surface area contributed by atoms with E-state index in [1.54, 1.807) is 19.4 Å². The number of methoxy groups -OCH3 is 1. The number of nitrogens with two attached hydrogens (primary N) is 1. The van der Waals surface area contributed by atoms with E-state index in [4.69, 9.17) is 10.5 Å². The van der Waals surface area contributed by atoms with Gasteiger partial charge in [-0.3, -0.25) is 4.79 Å². The number of carbonyl (C=O) groups excluding carboxylic acids is 1. The number of hydrogen-bond acceptors (Lipinski definition) is 5. The van der Waals surface area contributed by atoms with Gasteiger partial charge in [0, 0.05) is 18.4 Å². The first-order chi connectivity index (χ1) is 11.2. The molecule has 0 saturated heterocycles. The molecule has 2 aromatic heterocycles.